The summed E-state index contributed by atoms with van der Waals surface area (Å²) in [6.07, 6.45) is -6.28. The van der Waals surface area contributed by atoms with Gasteiger partial charge in [0.15, 0.2) is 0 Å². The summed E-state index contributed by atoms with van der Waals surface area (Å²) in [5.41, 5.74) is 0.657. The van der Waals surface area contributed by atoms with Crippen molar-refractivity contribution >= 4 is 12.0 Å². The van der Waals surface area contributed by atoms with Crippen LogP contribution in [0, 0.1) is 11.8 Å². The number of nitrogens with zero attached hydrogens (tertiary/aromatic N) is 1. The Morgan fingerprint density at radius 3 is 2.46 bits per heavy atom. The van der Waals surface area contributed by atoms with Gasteiger partial charge in [0, 0.05) is 6.42 Å². The molecule has 1 aromatic rings. The molecule has 0 N–H and O–H groups in total. The van der Waals surface area contributed by atoms with Crippen LogP contribution in [0.25, 0.3) is 0 Å². The molecule has 0 aromatic heterocycles. The molecule has 0 aliphatic carbocycles. The Morgan fingerprint density at radius 2 is 1.92 bits per heavy atom. The summed E-state index contributed by atoms with van der Waals surface area (Å²) in [6, 6.07) is 7.98. The average Bonchev–Trinajstić information content (AvgIpc) is 2.88. The summed E-state index contributed by atoms with van der Waals surface area (Å²) in [6.45, 7) is 3.29. The number of halogens is 3. The number of carbonyl (C=O) groups excluding carboxylic acids is 2. The third-order valence-corrected chi connectivity index (χ3v) is 3.97. The lowest BCUT2D eigenvalue weighted by Gasteiger charge is -2.25. The Balaban J connectivity index is 2.18. The zero-order chi connectivity index (χ0) is 17.9. The molecule has 2 rings (SSSR count). The summed E-state index contributed by atoms with van der Waals surface area (Å²) < 4.78 is 44.4. The maximum Gasteiger partial charge on any atom is 0.417 e. The molecule has 1 heterocycles. The van der Waals surface area contributed by atoms with E-state index in [0.29, 0.717) is 5.56 Å². The number of amides is 2. The number of ether oxygens (including phenoxy) is 1. The van der Waals surface area contributed by atoms with Crippen LogP contribution in [0.15, 0.2) is 30.3 Å². The largest absolute Gasteiger partial charge is 0.446 e. The number of carbonyl (C=O) groups is 2. The Bertz CT molecular complexity index is 586. The van der Waals surface area contributed by atoms with Gasteiger partial charge >= 0.3 is 12.3 Å². The molecule has 132 valence electrons. The van der Waals surface area contributed by atoms with Crippen molar-refractivity contribution < 1.29 is 27.5 Å². The lowest BCUT2D eigenvalue weighted by atomic mass is 9.92. The minimum absolute atomic E-state index is 0.0462. The maximum atomic E-state index is 13.2. The van der Waals surface area contributed by atoms with Gasteiger partial charge in [-0.1, -0.05) is 44.2 Å². The second-order valence-electron chi connectivity index (χ2n) is 6.34. The fraction of sp³-hybridized carbons (Fsp3) is 0.529. The van der Waals surface area contributed by atoms with E-state index in [1.165, 1.54) is 0 Å². The van der Waals surface area contributed by atoms with E-state index < -0.39 is 36.6 Å². The predicted molar refractivity (Wildman–Crippen MR) is 81.0 cm³/mol. The Hall–Kier alpha value is -2.05. The number of alkyl halides is 3. The number of hydrogen-bond acceptors (Lipinski definition) is 3. The molecular formula is C17H20F3NO3. The van der Waals surface area contributed by atoms with Crippen LogP contribution in [0.3, 0.4) is 0 Å². The summed E-state index contributed by atoms with van der Waals surface area (Å²) in [7, 11) is 0. The zero-order valence-electron chi connectivity index (χ0n) is 13.5. The fourth-order valence-electron chi connectivity index (χ4n) is 2.83. The van der Waals surface area contributed by atoms with Gasteiger partial charge in [0.25, 0.3) is 0 Å². The quantitative estimate of drug-likeness (QED) is 0.800. The van der Waals surface area contributed by atoms with E-state index in [1.807, 2.05) is 0 Å². The van der Waals surface area contributed by atoms with E-state index in [0.717, 1.165) is 4.90 Å². The van der Waals surface area contributed by atoms with Crippen LogP contribution in [-0.2, 0) is 9.53 Å². The molecule has 0 saturated carbocycles. The van der Waals surface area contributed by atoms with Crippen LogP contribution >= 0.6 is 0 Å². The van der Waals surface area contributed by atoms with Gasteiger partial charge in [-0.2, -0.15) is 13.2 Å². The number of cyclic esters (lactones) is 1. The third kappa shape index (κ3) is 4.27. The van der Waals surface area contributed by atoms with Gasteiger partial charge in [0.2, 0.25) is 5.91 Å². The first kappa shape index (κ1) is 18.3. The highest BCUT2D eigenvalue weighted by Crippen LogP contribution is 2.36. The SMILES string of the molecule is CC(C)CC(CC(=O)N1C(=O)OC[C@@H]1c1ccccc1)C(F)(F)F. The molecule has 7 heteroatoms. The van der Waals surface area contributed by atoms with Crippen molar-refractivity contribution in [2.45, 2.75) is 38.9 Å². The molecule has 0 bridgehead atoms. The number of rotatable bonds is 5. The first-order chi connectivity index (χ1) is 11.2. The third-order valence-electron chi connectivity index (χ3n) is 3.97. The molecule has 2 amide bonds. The zero-order valence-corrected chi connectivity index (χ0v) is 13.5. The van der Waals surface area contributed by atoms with Gasteiger partial charge < -0.3 is 4.74 Å². The van der Waals surface area contributed by atoms with Crippen LogP contribution < -0.4 is 0 Å². The minimum atomic E-state index is -4.48. The van der Waals surface area contributed by atoms with Crippen LogP contribution in [0.4, 0.5) is 18.0 Å². The van der Waals surface area contributed by atoms with Gasteiger partial charge in [-0.15, -0.1) is 0 Å². The average molecular weight is 343 g/mol. The second-order valence-corrected chi connectivity index (χ2v) is 6.34. The summed E-state index contributed by atoms with van der Waals surface area (Å²) >= 11 is 0. The van der Waals surface area contributed by atoms with Crippen molar-refractivity contribution in [2.75, 3.05) is 6.61 Å². The summed E-state index contributed by atoms with van der Waals surface area (Å²) in [5, 5.41) is 0. The van der Waals surface area contributed by atoms with Gasteiger partial charge in [0.1, 0.15) is 12.6 Å². The highest BCUT2D eigenvalue weighted by Gasteiger charge is 2.45. The molecule has 0 radical (unpaired) electrons. The Kier molecular flexibility index (Phi) is 5.51. The Morgan fingerprint density at radius 1 is 1.29 bits per heavy atom. The van der Waals surface area contributed by atoms with E-state index in [-0.39, 0.29) is 18.9 Å². The standard InChI is InChI=1S/C17H20F3NO3/c1-11(2)8-13(17(18,19)20)9-15(22)21-14(10-24-16(21)23)12-6-4-3-5-7-12/h3-7,11,13-14H,8-10H2,1-2H3/t13?,14-/m1/s1. The van der Waals surface area contributed by atoms with Gasteiger partial charge in [-0.25, -0.2) is 9.69 Å². The molecule has 1 fully saturated rings. The van der Waals surface area contributed by atoms with E-state index in [9.17, 15) is 22.8 Å². The molecule has 4 nitrogen and oxygen atoms in total. The smallest absolute Gasteiger partial charge is 0.417 e. The fourth-order valence-corrected chi connectivity index (χ4v) is 2.83. The number of hydrogen-bond donors (Lipinski definition) is 0. The molecule has 2 atom stereocenters. The van der Waals surface area contributed by atoms with Crippen molar-refractivity contribution in [2.24, 2.45) is 11.8 Å². The van der Waals surface area contributed by atoms with Gasteiger partial charge in [-0.3, -0.25) is 4.79 Å². The summed E-state index contributed by atoms with van der Waals surface area (Å²) in [5.74, 6) is -2.83. The van der Waals surface area contributed by atoms with E-state index in [2.05, 4.69) is 0 Å². The minimum Gasteiger partial charge on any atom is -0.446 e. The van der Waals surface area contributed by atoms with Crippen molar-refractivity contribution in [1.29, 1.82) is 0 Å². The maximum absolute atomic E-state index is 13.2. The van der Waals surface area contributed by atoms with Crippen LogP contribution in [0.5, 0.6) is 0 Å². The predicted octanol–water partition coefficient (Wildman–Crippen LogP) is 4.32. The lowest BCUT2D eigenvalue weighted by molar-refractivity contribution is -0.184. The highest BCUT2D eigenvalue weighted by molar-refractivity contribution is 5.93. The van der Waals surface area contributed by atoms with Crippen molar-refractivity contribution in [3.05, 3.63) is 35.9 Å². The van der Waals surface area contributed by atoms with Crippen LogP contribution in [0.1, 0.15) is 38.3 Å². The molecule has 1 aromatic carbocycles. The van der Waals surface area contributed by atoms with E-state index >= 15 is 0 Å². The summed E-state index contributed by atoms with van der Waals surface area (Å²) in [4.78, 5) is 25.1. The van der Waals surface area contributed by atoms with E-state index in [4.69, 9.17) is 4.74 Å². The first-order valence-corrected chi connectivity index (χ1v) is 7.80. The molecule has 1 unspecified atom stereocenters. The molecule has 1 aliphatic rings. The number of benzene rings is 1. The second kappa shape index (κ2) is 7.23. The molecule has 1 saturated heterocycles. The van der Waals surface area contributed by atoms with Gasteiger partial charge in [0.05, 0.1) is 5.92 Å². The Labute approximate surface area is 138 Å². The van der Waals surface area contributed by atoms with E-state index in [1.54, 1.807) is 44.2 Å². The molecule has 0 spiro atoms. The van der Waals surface area contributed by atoms with Crippen LogP contribution in [0.2, 0.25) is 0 Å². The normalized spacial score (nSPS) is 19.5. The first-order valence-electron chi connectivity index (χ1n) is 7.80. The monoisotopic (exact) mass is 343 g/mol. The van der Waals surface area contributed by atoms with Crippen molar-refractivity contribution in [3.8, 4) is 0 Å². The van der Waals surface area contributed by atoms with Crippen molar-refractivity contribution in [3.63, 3.8) is 0 Å². The number of imide groups is 1. The van der Waals surface area contributed by atoms with Crippen molar-refractivity contribution in [1.82, 2.24) is 4.90 Å². The molecule has 24 heavy (non-hydrogen) atoms. The lowest BCUT2D eigenvalue weighted by Crippen LogP contribution is -2.38. The van der Waals surface area contributed by atoms with Gasteiger partial charge in [-0.05, 0) is 17.9 Å². The van der Waals surface area contributed by atoms with Crippen LogP contribution in [-0.4, -0.2) is 29.7 Å². The molecule has 1 aliphatic heterocycles. The molecular weight excluding hydrogens is 323 g/mol. The highest BCUT2D eigenvalue weighted by atomic mass is 19.4. The topological polar surface area (TPSA) is 46.6 Å².